The Hall–Kier alpha value is -0.900. The Morgan fingerprint density at radius 2 is 2.11 bits per heavy atom. The summed E-state index contributed by atoms with van der Waals surface area (Å²) in [7, 11) is 2.14. The highest BCUT2D eigenvalue weighted by molar-refractivity contribution is 5.35. The lowest BCUT2D eigenvalue weighted by molar-refractivity contribution is 0.108. The third-order valence-electron chi connectivity index (χ3n) is 3.92. The fourth-order valence-corrected chi connectivity index (χ4v) is 2.63. The minimum absolute atomic E-state index is 0.303. The first-order valence-corrected chi connectivity index (χ1v) is 7.34. The highest BCUT2D eigenvalue weighted by atomic mass is 16.5. The molecule has 1 saturated carbocycles. The molecule has 0 radical (unpaired) electrons. The predicted octanol–water partition coefficient (Wildman–Crippen LogP) is 2.53. The van der Waals surface area contributed by atoms with Crippen molar-refractivity contribution in [1.82, 2.24) is 4.90 Å². The summed E-state index contributed by atoms with van der Waals surface area (Å²) in [6.07, 6.45) is 2.66. The van der Waals surface area contributed by atoms with Crippen LogP contribution in [-0.2, 0) is 4.74 Å². The maximum Gasteiger partial charge on any atom is 0.0593 e. The zero-order chi connectivity index (χ0) is 13.7. The van der Waals surface area contributed by atoms with E-state index in [0.29, 0.717) is 12.6 Å². The minimum atomic E-state index is 0.303. The zero-order valence-electron chi connectivity index (χ0n) is 12.1. The highest BCUT2D eigenvalue weighted by Crippen LogP contribution is 2.43. The summed E-state index contributed by atoms with van der Waals surface area (Å²) < 4.78 is 5.44. The molecule has 0 heterocycles. The molecule has 1 aromatic carbocycles. The Morgan fingerprint density at radius 1 is 1.37 bits per heavy atom. The van der Waals surface area contributed by atoms with Gasteiger partial charge in [-0.05, 0) is 43.9 Å². The van der Waals surface area contributed by atoms with Crippen LogP contribution in [0.25, 0.3) is 0 Å². The van der Waals surface area contributed by atoms with Crippen LogP contribution in [-0.4, -0.2) is 38.3 Å². The van der Waals surface area contributed by atoms with Gasteiger partial charge in [0.05, 0.1) is 6.61 Å². The quantitative estimate of drug-likeness (QED) is 0.732. The molecule has 0 aliphatic heterocycles. The van der Waals surface area contributed by atoms with Gasteiger partial charge in [0, 0.05) is 25.7 Å². The first-order chi connectivity index (χ1) is 9.27. The van der Waals surface area contributed by atoms with Crippen LogP contribution in [0.4, 0.5) is 0 Å². The highest BCUT2D eigenvalue weighted by Gasteiger charge is 2.28. The molecule has 19 heavy (non-hydrogen) atoms. The molecule has 1 aliphatic carbocycles. The lowest BCUT2D eigenvalue weighted by atomic mass is 9.96. The van der Waals surface area contributed by atoms with Crippen molar-refractivity contribution in [2.45, 2.75) is 31.7 Å². The number of likely N-dealkylation sites (N-methyl/N-ethyl adjacent to an activating group) is 1. The molecule has 0 aromatic heterocycles. The molecule has 1 aromatic rings. The van der Waals surface area contributed by atoms with Gasteiger partial charge in [0.25, 0.3) is 0 Å². The molecule has 0 amide bonds. The molecular weight excluding hydrogens is 236 g/mol. The third kappa shape index (κ3) is 3.78. The first kappa shape index (κ1) is 14.5. The van der Waals surface area contributed by atoms with Crippen LogP contribution >= 0.6 is 0 Å². The summed E-state index contributed by atoms with van der Waals surface area (Å²) in [5.41, 5.74) is 8.93. The van der Waals surface area contributed by atoms with E-state index in [-0.39, 0.29) is 0 Å². The van der Waals surface area contributed by atoms with Crippen LogP contribution in [0.2, 0.25) is 0 Å². The average molecular weight is 262 g/mol. The molecular formula is C16H26N2O. The fourth-order valence-electron chi connectivity index (χ4n) is 2.63. The molecule has 1 aliphatic rings. The summed E-state index contributed by atoms with van der Waals surface area (Å²) in [5, 5.41) is 0. The number of nitrogens with zero attached hydrogens (tertiary/aromatic N) is 1. The average Bonchev–Trinajstić information content (AvgIpc) is 3.25. The van der Waals surface area contributed by atoms with Crippen molar-refractivity contribution in [2.75, 3.05) is 33.4 Å². The SMILES string of the molecule is CCOCCN(C)C(CN)c1ccccc1C1CC1. The molecule has 2 rings (SSSR count). The van der Waals surface area contributed by atoms with Crippen LogP contribution in [0.15, 0.2) is 24.3 Å². The Bertz CT molecular complexity index is 390. The maximum absolute atomic E-state index is 6.02. The summed E-state index contributed by atoms with van der Waals surface area (Å²) in [6, 6.07) is 9.08. The Balaban J connectivity index is 2.07. The zero-order valence-corrected chi connectivity index (χ0v) is 12.1. The largest absolute Gasteiger partial charge is 0.380 e. The van der Waals surface area contributed by atoms with Gasteiger partial charge >= 0.3 is 0 Å². The number of ether oxygens (including phenoxy) is 1. The lowest BCUT2D eigenvalue weighted by Gasteiger charge is -2.29. The second kappa shape index (κ2) is 7.04. The van der Waals surface area contributed by atoms with E-state index in [1.54, 1.807) is 0 Å². The van der Waals surface area contributed by atoms with E-state index in [0.717, 1.165) is 25.7 Å². The van der Waals surface area contributed by atoms with Crippen LogP contribution < -0.4 is 5.73 Å². The summed E-state index contributed by atoms with van der Waals surface area (Å²) in [6.45, 7) is 5.17. The van der Waals surface area contributed by atoms with Crippen LogP contribution in [0.5, 0.6) is 0 Å². The lowest BCUT2D eigenvalue weighted by Crippen LogP contribution is -2.33. The molecule has 2 N–H and O–H groups in total. The summed E-state index contributed by atoms with van der Waals surface area (Å²) >= 11 is 0. The van der Waals surface area contributed by atoms with E-state index in [1.165, 1.54) is 24.0 Å². The smallest absolute Gasteiger partial charge is 0.0593 e. The van der Waals surface area contributed by atoms with E-state index in [2.05, 4.69) is 36.2 Å². The van der Waals surface area contributed by atoms with Gasteiger partial charge < -0.3 is 10.5 Å². The number of hydrogen-bond acceptors (Lipinski definition) is 3. The third-order valence-corrected chi connectivity index (χ3v) is 3.92. The van der Waals surface area contributed by atoms with E-state index in [9.17, 15) is 0 Å². The van der Waals surface area contributed by atoms with E-state index < -0.39 is 0 Å². The topological polar surface area (TPSA) is 38.5 Å². The second-order valence-corrected chi connectivity index (χ2v) is 5.33. The number of benzene rings is 1. The summed E-state index contributed by atoms with van der Waals surface area (Å²) in [4.78, 5) is 2.32. The van der Waals surface area contributed by atoms with Crippen molar-refractivity contribution in [3.63, 3.8) is 0 Å². The standard InChI is InChI=1S/C16H26N2O/c1-3-19-11-10-18(2)16(12-17)15-7-5-4-6-14(15)13-8-9-13/h4-7,13,16H,3,8-12,17H2,1-2H3. The Labute approximate surface area is 116 Å². The predicted molar refractivity (Wildman–Crippen MR) is 79.3 cm³/mol. The Morgan fingerprint density at radius 3 is 2.74 bits per heavy atom. The molecule has 1 atom stereocenters. The van der Waals surface area contributed by atoms with Crippen molar-refractivity contribution in [3.8, 4) is 0 Å². The molecule has 0 bridgehead atoms. The summed E-state index contributed by atoms with van der Waals surface area (Å²) in [5.74, 6) is 0.769. The molecule has 3 heteroatoms. The van der Waals surface area contributed by atoms with Gasteiger partial charge in [-0.1, -0.05) is 24.3 Å². The van der Waals surface area contributed by atoms with Gasteiger partial charge in [0.15, 0.2) is 0 Å². The molecule has 106 valence electrons. The van der Waals surface area contributed by atoms with Gasteiger partial charge in [0.2, 0.25) is 0 Å². The monoisotopic (exact) mass is 262 g/mol. The normalized spacial score (nSPS) is 16.8. The first-order valence-electron chi connectivity index (χ1n) is 7.34. The molecule has 1 unspecified atom stereocenters. The van der Waals surface area contributed by atoms with Crippen molar-refractivity contribution in [3.05, 3.63) is 35.4 Å². The van der Waals surface area contributed by atoms with E-state index >= 15 is 0 Å². The van der Waals surface area contributed by atoms with Crippen LogP contribution in [0, 0.1) is 0 Å². The maximum atomic E-state index is 6.02. The number of rotatable bonds is 8. The van der Waals surface area contributed by atoms with Gasteiger partial charge in [-0.3, -0.25) is 4.90 Å². The molecule has 0 spiro atoms. The van der Waals surface area contributed by atoms with Gasteiger partial charge in [-0.2, -0.15) is 0 Å². The van der Waals surface area contributed by atoms with E-state index in [4.69, 9.17) is 10.5 Å². The Kier molecular flexibility index (Phi) is 5.37. The minimum Gasteiger partial charge on any atom is -0.380 e. The van der Waals surface area contributed by atoms with Gasteiger partial charge in [0.1, 0.15) is 0 Å². The molecule has 0 saturated heterocycles. The molecule has 1 fully saturated rings. The van der Waals surface area contributed by atoms with Crippen molar-refractivity contribution in [1.29, 1.82) is 0 Å². The van der Waals surface area contributed by atoms with Crippen molar-refractivity contribution < 1.29 is 4.74 Å². The van der Waals surface area contributed by atoms with Crippen molar-refractivity contribution in [2.24, 2.45) is 5.73 Å². The second-order valence-electron chi connectivity index (χ2n) is 5.33. The van der Waals surface area contributed by atoms with Gasteiger partial charge in [-0.15, -0.1) is 0 Å². The van der Waals surface area contributed by atoms with Crippen molar-refractivity contribution >= 4 is 0 Å². The fraction of sp³-hybridized carbons (Fsp3) is 0.625. The molecule has 3 nitrogen and oxygen atoms in total. The number of nitrogens with two attached hydrogens (primary N) is 1. The van der Waals surface area contributed by atoms with Crippen LogP contribution in [0.1, 0.15) is 42.9 Å². The number of hydrogen-bond donors (Lipinski definition) is 1. The van der Waals surface area contributed by atoms with Crippen LogP contribution in [0.3, 0.4) is 0 Å². The van der Waals surface area contributed by atoms with Gasteiger partial charge in [-0.25, -0.2) is 0 Å². The van der Waals surface area contributed by atoms with E-state index in [1.807, 2.05) is 6.92 Å².